The van der Waals surface area contributed by atoms with Gasteiger partial charge in [0.2, 0.25) is 0 Å². The maximum Gasteiger partial charge on any atom is 0.162 e. The minimum absolute atomic E-state index is 0.200. The average molecular weight is 242 g/mol. The topological polar surface area (TPSA) is 56.5 Å². The van der Waals surface area contributed by atoms with E-state index in [1.807, 2.05) is 13.8 Å². The molecular formula is C12H22N2O3. The number of ether oxygens (including phenoxy) is 2. The summed E-state index contributed by atoms with van der Waals surface area (Å²) in [4.78, 5) is 0. The first-order chi connectivity index (χ1) is 8.11. The van der Waals surface area contributed by atoms with Gasteiger partial charge in [0.25, 0.3) is 0 Å². The molecule has 98 valence electrons. The lowest BCUT2D eigenvalue weighted by molar-refractivity contribution is 0.125. The van der Waals surface area contributed by atoms with E-state index in [1.165, 1.54) is 0 Å². The summed E-state index contributed by atoms with van der Waals surface area (Å²) in [5.41, 5.74) is 0.749. The fraction of sp³-hybridized carbons (Fsp3) is 0.750. The Morgan fingerprint density at radius 2 is 2.12 bits per heavy atom. The van der Waals surface area contributed by atoms with Crippen LogP contribution in [0.5, 0.6) is 5.75 Å². The first kappa shape index (κ1) is 14.0. The smallest absolute Gasteiger partial charge is 0.162 e. The van der Waals surface area contributed by atoms with Gasteiger partial charge in [0.05, 0.1) is 19.4 Å². The van der Waals surface area contributed by atoms with Gasteiger partial charge in [-0.25, -0.2) is 0 Å². The van der Waals surface area contributed by atoms with E-state index in [4.69, 9.17) is 9.47 Å². The van der Waals surface area contributed by atoms with Crippen LogP contribution in [0.4, 0.5) is 0 Å². The second kappa shape index (κ2) is 6.61. The predicted molar refractivity (Wildman–Crippen MR) is 65.2 cm³/mol. The van der Waals surface area contributed by atoms with Gasteiger partial charge in [-0.05, 0) is 26.7 Å². The van der Waals surface area contributed by atoms with E-state index in [9.17, 15) is 5.11 Å². The van der Waals surface area contributed by atoms with E-state index in [1.54, 1.807) is 25.1 Å². The normalized spacial score (nSPS) is 13.1. The van der Waals surface area contributed by atoms with Crippen LogP contribution in [-0.2, 0) is 4.74 Å². The van der Waals surface area contributed by atoms with Crippen molar-refractivity contribution in [3.05, 3.63) is 11.9 Å². The summed E-state index contributed by atoms with van der Waals surface area (Å²) in [5.74, 6) is 0.642. The van der Waals surface area contributed by atoms with Crippen LogP contribution in [-0.4, -0.2) is 35.7 Å². The highest BCUT2D eigenvalue weighted by Crippen LogP contribution is 2.29. The molecule has 1 aromatic heterocycles. The molecule has 1 N–H and O–H groups in total. The summed E-state index contributed by atoms with van der Waals surface area (Å²) in [6, 6.07) is 0.200. The van der Waals surface area contributed by atoms with Crippen LogP contribution in [0.25, 0.3) is 0 Å². The quantitative estimate of drug-likeness (QED) is 0.742. The summed E-state index contributed by atoms with van der Waals surface area (Å²) in [5, 5.41) is 14.4. The molecule has 0 aliphatic carbocycles. The third-order valence-corrected chi connectivity index (χ3v) is 2.65. The van der Waals surface area contributed by atoms with E-state index < -0.39 is 6.10 Å². The Balaban J connectivity index is 2.81. The number of aromatic nitrogens is 2. The van der Waals surface area contributed by atoms with Gasteiger partial charge >= 0.3 is 0 Å². The third-order valence-electron chi connectivity index (χ3n) is 2.65. The predicted octanol–water partition coefficient (Wildman–Crippen LogP) is 1.93. The van der Waals surface area contributed by atoms with Crippen molar-refractivity contribution in [1.29, 1.82) is 0 Å². The van der Waals surface area contributed by atoms with Crippen LogP contribution in [0.3, 0.4) is 0 Å². The Bertz CT molecular complexity index is 336. The summed E-state index contributed by atoms with van der Waals surface area (Å²) in [6.45, 7) is 4.70. The maximum atomic E-state index is 10.2. The zero-order valence-electron chi connectivity index (χ0n) is 11.0. The van der Waals surface area contributed by atoms with Crippen molar-refractivity contribution in [3.8, 4) is 5.75 Å². The molecule has 5 nitrogen and oxygen atoms in total. The summed E-state index contributed by atoms with van der Waals surface area (Å²) >= 11 is 0. The molecule has 1 heterocycles. The van der Waals surface area contributed by atoms with Gasteiger partial charge in [-0.15, -0.1) is 0 Å². The maximum absolute atomic E-state index is 10.2. The molecule has 0 aliphatic rings. The zero-order valence-corrected chi connectivity index (χ0v) is 11.0. The van der Waals surface area contributed by atoms with Gasteiger partial charge in [-0.2, -0.15) is 5.10 Å². The average Bonchev–Trinajstić information content (AvgIpc) is 2.72. The summed E-state index contributed by atoms with van der Waals surface area (Å²) in [7, 11) is 3.25. The van der Waals surface area contributed by atoms with Crippen LogP contribution in [0.15, 0.2) is 6.20 Å². The van der Waals surface area contributed by atoms with Crippen LogP contribution in [0.2, 0.25) is 0 Å². The summed E-state index contributed by atoms with van der Waals surface area (Å²) < 4.78 is 12.0. The Labute approximate surface area is 102 Å². The number of nitrogens with zero attached hydrogens (tertiary/aromatic N) is 2. The van der Waals surface area contributed by atoms with E-state index in [0.717, 1.165) is 12.1 Å². The molecular weight excluding hydrogens is 220 g/mol. The van der Waals surface area contributed by atoms with Crippen molar-refractivity contribution in [1.82, 2.24) is 9.78 Å². The molecule has 0 radical (unpaired) electrons. The van der Waals surface area contributed by atoms with E-state index >= 15 is 0 Å². The Kier molecular flexibility index (Phi) is 5.44. The Morgan fingerprint density at radius 1 is 1.41 bits per heavy atom. The number of aliphatic hydroxyl groups is 1. The number of methoxy groups -OCH3 is 2. The second-order valence-corrected chi connectivity index (χ2v) is 4.29. The number of hydrogen-bond acceptors (Lipinski definition) is 4. The first-order valence-electron chi connectivity index (χ1n) is 5.90. The molecule has 0 fully saturated rings. The molecule has 1 atom stereocenters. The standard InChI is InChI=1S/C12H22N2O3/c1-9(2)14-12(11(17-4)8-13-14)10(15)6-5-7-16-3/h8-10,15H,5-7H2,1-4H3. The van der Waals surface area contributed by atoms with Crippen LogP contribution >= 0.6 is 0 Å². The summed E-state index contributed by atoms with van der Waals surface area (Å²) in [6.07, 6.45) is 2.53. The van der Waals surface area contributed by atoms with Crippen LogP contribution in [0.1, 0.15) is 44.5 Å². The van der Waals surface area contributed by atoms with Crippen molar-refractivity contribution in [2.75, 3.05) is 20.8 Å². The largest absolute Gasteiger partial charge is 0.493 e. The van der Waals surface area contributed by atoms with Crippen LogP contribution in [0, 0.1) is 0 Å². The van der Waals surface area contributed by atoms with Gasteiger partial charge in [-0.3, -0.25) is 4.68 Å². The third kappa shape index (κ3) is 3.44. The molecule has 17 heavy (non-hydrogen) atoms. The highest BCUT2D eigenvalue weighted by atomic mass is 16.5. The molecule has 1 aromatic rings. The van der Waals surface area contributed by atoms with Gasteiger partial charge in [0.15, 0.2) is 5.75 Å². The van der Waals surface area contributed by atoms with Crippen molar-refractivity contribution >= 4 is 0 Å². The van der Waals surface area contributed by atoms with Gasteiger partial charge in [0, 0.05) is 19.8 Å². The molecule has 0 saturated carbocycles. The fourth-order valence-corrected chi connectivity index (χ4v) is 1.80. The van der Waals surface area contributed by atoms with E-state index in [-0.39, 0.29) is 6.04 Å². The molecule has 5 heteroatoms. The number of rotatable bonds is 7. The number of hydrogen-bond donors (Lipinski definition) is 1. The SMILES string of the molecule is COCCCC(O)c1c(OC)cnn1C(C)C. The van der Waals surface area contributed by atoms with Crippen LogP contribution < -0.4 is 4.74 Å². The zero-order chi connectivity index (χ0) is 12.8. The second-order valence-electron chi connectivity index (χ2n) is 4.29. The molecule has 0 aromatic carbocycles. The lowest BCUT2D eigenvalue weighted by Gasteiger charge is -2.17. The highest BCUT2D eigenvalue weighted by Gasteiger charge is 2.20. The van der Waals surface area contributed by atoms with Crippen molar-refractivity contribution in [2.45, 2.75) is 38.8 Å². The molecule has 1 unspecified atom stereocenters. The van der Waals surface area contributed by atoms with Gasteiger partial charge in [0.1, 0.15) is 5.69 Å². The number of aliphatic hydroxyl groups excluding tert-OH is 1. The Hall–Kier alpha value is -1.07. The minimum Gasteiger partial charge on any atom is -0.493 e. The lowest BCUT2D eigenvalue weighted by Crippen LogP contribution is -2.12. The highest BCUT2D eigenvalue weighted by molar-refractivity contribution is 5.27. The Morgan fingerprint density at radius 3 is 2.65 bits per heavy atom. The van der Waals surface area contributed by atoms with Gasteiger partial charge in [-0.1, -0.05) is 0 Å². The molecule has 0 bridgehead atoms. The molecule has 0 amide bonds. The monoisotopic (exact) mass is 242 g/mol. The lowest BCUT2D eigenvalue weighted by atomic mass is 10.1. The van der Waals surface area contributed by atoms with Crippen molar-refractivity contribution < 1.29 is 14.6 Å². The first-order valence-corrected chi connectivity index (χ1v) is 5.90. The van der Waals surface area contributed by atoms with Crippen molar-refractivity contribution in [3.63, 3.8) is 0 Å². The molecule has 0 aliphatic heterocycles. The van der Waals surface area contributed by atoms with Gasteiger partial charge < -0.3 is 14.6 Å². The van der Waals surface area contributed by atoms with E-state index in [0.29, 0.717) is 18.8 Å². The fourth-order valence-electron chi connectivity index (χ4n) is 1.80. The minimum atomic E-state index is -0.565. The molecule has 1 rings (SSSR count). The van der Waals surface area contributed by atoms with E-state index in [2.05, 4.69) is 5.10 Å². The molecule has 0 spiro atoms. The molecule has 0 saturated heterocycles. The van der Waals surface area contributed by atoms with Crippen molar-refractivity contribution in [2.24, 2.45) is 0 Å².